The predicted octanol–water partition coefficient (Wildman–Crippen LogP) is 2.20. The van der Waals surface area contributed by atoms with Gasteiger partial charge in [-0.25, -0.2) is 0 Å². The number of aromatic hydroxyl groups is 1. The number of para-hydroxylation sites is 1. The number of rotatable bonds is 6. The fourth-order valence-electron chi connectivity index (χ4n) is 2.28. The van der Waals surface area contributed by atoms with Gasteiger partial charge < -0.3 is 15.2 Å². The van der Waals surface area contributed by atoms with Gasteiger partial charge in [-0.15, -0.1) is 0 Å². The highest BCUT2D eigenvalue weighted by Crippen LogP contribution is 2.28. The molecule has 0 saturated heterocycles. The Hall–Kier alpha value is -2.83. The van der Waals surface area contributed by atoms with Gasteiger partial charge in [0.05, 0.1) is 23.7 Å². The smallest absolute Gasteiger partial charge is 0.246 e. The molecule has 1 heterocycles. The molecule has 0 radical (unpaired) electrons. The molecule has 0 atom stereocenters. The molecule has 0 saturated carbocycles. The molecule has 0 unspecified atom stereocenters. The number of ether oxygens (including phenoxy) is 1. The van der Waals surface area contributed by atoms with Crippen molar-refractivity contribution in [2.24, 2.45) is 12.0 Å². The number of phenolic OH excluding ortho intramolecular Hbond substituents is 1. The highest BCUT2D eigenvalue weighted by Gasteiger charge is 2.12. The first-order valence-electron chi connectivity index (χ1n) is 7.68. The Morgan fingerprint density at radius 3 is 2.83 bits per heavy atom. The zero-order valence-corrected chi connectivity index (χ0v) is 14.3. The van der Waals surface area contributed by atoms with E-state index in [1.165, 1.54) is 6.21 Å². The zero-order valence-electron chi connectivity index (χ0n) is 14.3. The van der Waals surface area contributed by atoms with Crippen LogP contribution in [0.25, 0.3) is 0 Å². The van der Waals surface area contributed by atoms with E-state index in [1.54, 1.807) is 22.9 Å². The Balaban J connectivity index is 2.01. The van der Waals surface area contributed by atoms with E-state index < -0.39 is 0 Å². The zero-order chi connectivity index (χ0) is 17.7. The quantitative estimate of drug-likeness (QED) is 0.795. The van der Waals surface area contributed by atoms with Crippen LogP contribution in [0, 0.1) is 13.8 Å². The van der Waals surface area contributed by atoms with Crippen molar-refractivity contribution >= 4 is 17.8 Å². The molecule has 2 aromatic rings. The number of nitrogens with one attached hydrogen (secondary N) is 1. The normalized spacial score (nSPS) is 11.0. The van der Waals surface area contributed by atoms with Gasteiger partial charge in [-0.2, -0.15) is 5.10 Å². The van der Waals surface area contributed by atoms with Crippen LogP contribution in [0.5, 0.6) is 11.5 Å². The van der Waals surface area contributed by atoms with Crippen LogP contribution in [0.1, 0.15) is 23.9 Å². The molecule has 0 aliphatic carbocycles. The summed E-state index contributed by atoms with van der Waals surface area (Å²) in [4.78, 5) is 16.1. The molecule has 7 nitrogen and oxygen atoms in total. The summed E-state index contributed by atoms with van der Waals surface area (Å²) >= 11 is 0. The molecule has 0 bridgehead atoms. The van der Waals surface area contributed by atoms with E-state index >= 15 is 0 Å². The molecule has 0 fully saturated rings. The first-order chi connectivity index (χ1) is 11.4. The third-order valence-electron chi connectivity index (χ3n) is 3.57. The van der Waals surface area contributed by atoms with Crippen LogP contribution in [-0.4, -0.2) is 40.2 Å². The molecule has 1 amide bonds. The number of carbonyl (C=O) groups excluding carboxylic acids is 1. The molecular formula is C17H22N4O3. The predicted molar refractivity (Wildman–Crippen MR) is 93.0 cm³/mol. The summed E-state index contributed by atoms with van der Waals surface area (Å²) in [6.07, 6.45) is 1.46. The van der Waals surface area contributed by atoms with Gasteiger partial charge in [-0.3, -0.25) is 14.5 Å². The molecule has 2 N–H and O–H groups in total. The highest BCUT2D eigenvalue weighted by molar-refractivity contribution is 5.95. The lowest BCUT2D eigenvalue weighted by Gasteiger charge is -2.07. The minimum Gasteiger partial charge on any atom is -0.504 e. The molecule has 7 heteroatoms. The number of aryl methyl sites for hydroxylation is 2. The topological polar surface area (TPSA) is 88.7 Å². The third kappa shape index (κ3) is 3.92. The maximum atomic E-state index is 12.0. The number of carbonyl (C=O) groups is 1. The standard InChI is InChI=1S/C17H22N4O3/c1-5-24-14-8-6-7-13(17(14)23)9-18-10-15(22)19-16-11(2)20-21(4)12(16)3/h6-9,23H,5,10H2,1-4H3,(H,19,22). The van der Waals surface area contributed by atoms with Crippen LogP contribution < -0.4 is 10.1 Å². The Kier molecular flexibility index (Phi) is 5.57. The summed E-state index contributed by atoms with van der Waals surface area (Å²) in [6.45, 7) is 5.97. The summed E-state index contributed by atoms with van der Waals surface area (Å²) in [5.74, 6) is 0.167. The molecule has 2 rings (SSSR count). The Morgan fingerprint density at radius 2 is 2.21 bits per heavy atom. The van der Waals surface area contributed by atoms with Crippen molar-refractivity contribution in [2.75, 3.05) is 18.5 Å². The summed E-state index contributed by atoms with van der Waals surface area (Å²) in [7, 11) is 1.82. The van der Waals surface area contributed by atoms with Gasteiger partial charge in [0.25, 0.3) is 0 Å². The van der Waals surface area contributed by atoms with Crippen LogP contribution in [0.15, 0.2) is 23.2 Å². The summed E-state index contributed by atoms with van der Waals surface area (Å²) in [6, 6.07) is 5.14. The summed E-state index contributed by atoms with van der Waals surface area (Å²) < 4.78 is 7.03. The van der Waals surface area contributed by atoms with Crippen molar-refractivity contribution < 1.29 is 14.6 Å². The highest BCUT2D eigenvalue weighted by atomic mass is 16.5. The van der Waals surface area contributed by atoms with Crippen molar-refractivity contribution in [3.05, 3.63) is 35.2 Å². The molecule has 128 valence electrons. The van der Waals surface area contributed by atoms with Crippen LogP contribution in [-0.2, 0) is 11.8 Å². The Morgan fingerprint density at radius 1 is 1.46 bits per heavy atom. The van der Waals surface area contributed by atoms with Gasteiger partial charge in [0.15, 0.2) is 11.5 Å². The number of phenols is 1. The molecule has 1 aromatic carbocycles. The SMILES string of the molecule is CCOc1cccc(C=NCC(=O)Nc2c(C)nn(C)c2C)c1O. The first-order valence-corrected chi connectivity index (χ1v) is 7.68. The van der Waals surface area contributed by atoms with E-state index in [4.69, 9.17) is 4.74 Å². The average molecular weight is 330 g/mol. The first kappa shape index (κ1) is 17.5. The Labute approximate surface area is 141 Å². The largest absolute Gasteiger partial charge is 0.504 e. The van der Waals surface area contributed by atoms with Gasteiger partial charge in [0, 0.05) is 18.8 Å². The number of nitrogens with zero attached hydrogens (tertiary/aromatic N) is 3. The number of hydrogen-bond acceptors (Lipinski definition) is 5. The minimum atomic E-state index is -0.245. The fourth-order valence-corrected chi connectivity index (χ4v) is 2.28. The Bertz CT molecular complexity index is 765. The van der Waals surface area contributed by atoms with Crippen LogP contribution in [0.2, 0.25) is 0 Å². The van der Waals surface area contributed by atoms with E-state index in [0.29, 0.717) is 23.6 Å². The van der Waals surface area contributed by atoms with E-state index in [9.17, 15) is 9.90 Å². The van der Waals surface area contributed by atoms with Gasteiger partial charge >= 0.3 is 0 Å². The van der Waals surface area contributed by atoms with Crippen LogP contribution in [0.4, 0.5) is 5.69 Å². The summed E-state index contributed by atoms with van der Waals surface area (Å²) in [5.41, 5.74) is 2.85. The van der Waals surface area contributed by atoms with Gasteiger partial charge in [-0.1, -0.05) is 6.07 Å². The molecule has 1 aromatic heterocycles. The van der Waals surface area contributed by atoms with Gasteiger partial charge in [0.1, 0.15) is 6.54 Å². The van der Waals surface area contributed by atoms with E-state index in [2.05, 4.69) is 15.4 Å². The number of benzene rings is 1. The van der Waals surface area contributed by atoms with Crippen molar-refractivity contribution in [1.82, 2.24) is 9.78 Å². The molecule has 0 aliphatic rings. The lowest BCUT2D eigenvalue weighted by atomic mass is 10.2. The minimum absolute atomic E-state index is 0.0162. The maximum absolute atomic E-state index is 12.0. The van der Waals surface area contributed by atoms with Crippen molar-refractivity contribution in [3.63, 3.8) is 0 Å². The number of hydrogen-bond donors (Lipinski definition) is 2. The second-order valence-corrected chi connectivity index (χ2v) is 5.31. The number of aliphatic imine (C=N–C) groups is 1. The maximum Gasteiger partial charge on any atom is 0.246 e. The van der Waals surface area contributed by atoms with Crippen molar-refractivity contribution in [3.8, 4) is 11.5 Å². The molecule has 0 aliphatic heterocycles. The molecule has 0 spiro atoms. The number of amides is 1. The lowest BCUT2D eigenvalue weighted by Crippen LogP contribution is -2.16. The van der Waals surface area contributed by atoms with Gasteiger partial charge in [-0.05, 0) is 32.9 Å². The summed E-state index contributed by atoms with van der Waals surface area (Å²) in [5, 5.41) is 17.1. The monoisotopic (exact) mass is 330 g/mol. The fraction of sp³-hybridized carbons (Fsp3) is 0.353. The average Bonchev–Trinajstić information content (AvgIpc) is 2.77. The second-order valence-electron chi connectivity index (χ2n) is 5.31. The molecular weight excluding hydrogens is 308 g/mol. The third-order valence-corrected chi connectivity index (χ3v) is 3.57. The number of anilines is 1. The molecule has 24 heavy (non-hydrogen) atoms. The van der Waals surface area contributed by atoms with E-state index in [1.807, 2.05) is 27.8 Å². The van der Waals surface area contributed by atoms with Crippen molar-refractivity contribution in [1.29, 1.82) is 0 Å². The second kappa shape index (κ2) is 7.63. The van der Waals surface area contributed by atoms with E-state index in [0.717, 1.165) is 11.4 Å². The number of aromatic nitrogens is 2. The van der Waals surface area contributed by atoms with Crippen LogP contribution >= 0.6 is 0 Å². The van der Waals surface area contributed by atoms with E-state index in [-0.39, 0.29) is 18.2 Å². The van der Waals surface area contributed by atoms with Crippen LogP contribution in [0.3, 0.4) is 0 Å². The lowest BCUT2D eigenvalue weighted by molar-refractivity contribution is -0.114. The van der Waals surface area contributed by atoms with Gasteiger partial charge in [0.2, 0.25) is 5.91 Å². The van der Waals surface area contributed by atoms with Crippen molar-refractivity contribution in [2.45, 2.75) is 20.8 Å².